The monoisotopic (exact) mass is 144 g/mol. The van der Waals surface area contributed by atoms with E-state index in [4.69, 9.17) is 9.84 Å². The zero-order valence-electron chi connectivity index (χ0n) is 6.76. The summed E-state index contributed by atoms with van der Waals surface area (Å²) < 4.78 is 5.39. The van der Waals surface area contributed by atoms with Crippen molar-refractivity contribution < 1.29 is 9.84 Å². The SMILES string of the molecule is CC1(C)CCCOC1CO. The molecule has 1 atom stereocenters. The van der Waals surface area contributed by atoms with Crippen molar-refractivity contribution in [3.8, 4) is 0 Å². The maximum atomic E-state index is 8.90. The standard InChI is InChI=1S/C8H16O2/c1-8(2)4-3-5-10-7(8)6-9/h7,9H,3-6H2,1-2H3. The molecule has 0 aromatic rings. The maximum absolute atomic E-state index is 8.90. The summed E-state index contributed by atoms with van der Waals surface area (Å²) in [5.74, 6) is 0. The number of hydrogen-bond acceptors (Lipinski definition) is 2. The van der Waals surface area contributed by atoms with E-state index in [9.17, 15) is 0 Å². The lowest BCUT2D eigenvalue weighted by atomic mass is 9.80. The lowest BCUT2D eigenvalue weighted by Crippen LogP contribution is -2.39. The second kappa shape index (κ2) is 2.89. The molecule has 10 heavy (non-hydrogen) atoms. The molecule has 1 saturated heterocycles. The molecule has 1 N–H and O–H groups in total. The van der Waals surface area contributed by atoms with Crippen LogP contribution in [0.1, 0.15) is 26.7 Å². The molecule has 1 unspecified atom stereocenters. The Balaban J connectivity index is 2.51. The van der Waals surface area contributed by atoms with E-state index in [0.29, 0.717) is 0 Å². The molecule has 2 nitrogen and oxygen atoms in total. The Kier molecular flexibility index (Phi) is 2.32. The minimum absolute atomic E-state index is 0.0567. The molecule has 0 spiro atoms. The third kappa shape index (κ3) is 1.50. The van der Waals surface area contributed by atoms with Crippen LogP contribution in [0.25, 0.3) is 0 Å². The molecule has 0 radical (unpaired) electrons. The molecule has 0 aromatic carbocycles. The van der Waals surface area contributed by atoms with Gasteiger partial charge in [-0.3, -0.25) is 0 Å². The van der Waals surface area contributed by atoms with E-state index in [1.807, 2.05) is 0 Å². The van der Waals surface area contributed by atoms with Crippen molar-refractivity contribution in [2.75, 3.05) is 13.2 Å². The summed E-state index contributed by atoms with van der Waals surface area (Å²) in [6.07, 6.45) is 2.35. The second-order valence-corrected chi connectivity index (χ2v) is 3.63. The Morgan fingerprint density at radius 2 is 2.30 bits per heavy atom. The largest absolute Gasteiger partial charge is 0.394 e. The summed E-state index contributed by atoms with van der Waals surface area (Å²) in [5, 5.41) is 8.90. The van der Waals surface area contributed by atoms with E-state index >= 15 is 0 Å². The number of rotatable bonds is 1. The first kappa shape index (κ1) is 8.02. The predicted molar refractivity (Wildman–Crippen MR) is 39.8 cm³/mol. The summed E-state index contributed by atoms with van der Waals surface area (Å²) in [7, 11) is 0. The Morgan fingerprint density at radius 1 is 1.60 bits per heavy atom. The van der Waals surface area contributed by atoms with Gasteiger partial charge in [-0.05, 0) is 18.3 Å². The van der Waals surface area contributed by atoms with Crippen LogP contribution in [0.4, 0.5) is 0 Å². The third-order valence-electron chi connectivity index (χ3n) is 2.32. The van der Waals surface area contributed by atoms with E-state index in [-0.39, 0.29) is 18.1 Å². The first-order chi connectivity index (χ1) is 4.67. The highest BCUT2D eigenvalue weighted by molar-refractivity contribution is 4.81. The summed E-state index contributed by atoms with van der Waals surface area (Å²) in [6, 6.07) is 0. The number of hydrogen-bond donors (Lipinski definition) is 1. The Labute approximate surface area is 62.2 Å². The Morgan fingerprint density at radius 3 is 2.70 bits per heavy atom. The lowest BCUT2D eigenvalue weighted by molar-refractivity contribution is -0.0913. The van der Waals surface area contributed by atoms with E-state index < -0.39 is 0 Å². The molecular weight excluding hydrogens is 128 g/mol. The first-order valence-electron chi connectivity index (χ1n) is 3.89. The zero-order valence-corrected chi connectivity index (χ0v) is 6.76. The van der Waals surface area contributed by atoms with Gasteiger partial charge >= 0.3 is 0 Å². The highest BCUT2D eigenvalue weighted by atomic mass is 16.5. The second-order valence-electron chi connectivity index (χ2n) is 3.63. The van der Waals surface area contributed by atoms with Crippen molar-refractivity contribution in [2.45, 2.75) is 32.8 Å². The molecule has 60 valence electrons. The molecule has 0 amide bonds. The van der Waals surface area contributed by atoms with Crippen LogP contribution in [-0.2, 0) is 4.74 Å². The van der Waals surface area contributed by atoms with Crippen molar-refractivity contribution in [2.24, 2.45) is 5.41 Å². The molecule has 1 aliphatic rings. The highest BCUT2D eigenvalue weighted by Gasteiger charge is 2.32. The Bertz CT molecular complexity index is 110. The van der Waals surface area contributed by atoms with Crippen molar-refractivity contribution in [1.82, 2.24) is 0 Å². The van der Waals surface area contributed by atoms with Gasteiger partial charge in [0, 0.05) is 6.61 Å². The molecule has 2 heteroatoms. The molecule has 1 aliphatic heterocycles. The van der Waals surface area contributed by atoms with Crippen LogP contribution in [-0.4, -0.2) is 24.4 Å². The van der Waals surface area contributed by atoms with Gasteiger partial charge in [-0.2, -0.15) is 0 Å². The van der Waals surface area contributed by atoms with E-state index in [1.165, 1.54) is 0 Å². The summed E-state index contributed by atoms with van der Waals surface area (Å²) in [5.41, 5.74) is 0.174. The fourth-order valence-electron chi connectivity index (χ4n) is 1.44. The zero-order chi connectivity index (χ0) is 7.61. The van der Waals surface area contributed by atoms with Crippen molar-refractivity contribution >= 4 is 0 Å². The van der Waals surface area contributed by atoms with Crippen LogP contribution in [0.3, 0.4) is 0 Å². The summed E-state index contributed by atoms with van der Waals surface area (Å²) in [4.78, 5) is 0. The van der Waals surface area contributed by atoms with Gasteiger partial charge < -0.3 is 9.84 Å². The fraction of sp³-hybridized carbons (Fsp3) is 1.00. The smallest absolute Gasteiger partial charge is 0.0856 e. The summed E-state index contributed by atoms with van der Waals surface area (Å²) in [6.45, 7) is 5.27. The molecule has 1 heterocycles. The molecule has 0 bridgehead atoms. The van der Waals surface area contributed by atoms with Crippen molar-refractivity contribution in [3.63, 3.8) is 0 Å². The quantitative estimate of drug-likeness (QED) is 0.599. The predicted octanol–water partition coefficient (Wildman–Crippen LogP) is 1.18. The van der Waals surface area contributed by atoms with Gasteiger partial charge in [-0.25, -0.2) is 0 Å². The first-order valence-corrected chi connectivity index (χ1v) is 3.89. The lowest BCUT2D eigenvalue weighted by Gasteiger charge is -2.37. The summed E-state index contributed by atoms with van der Waals surface area (Å²) >= 11 is 0. The van der Waals surface area contributed by atoms with Crippen LogP contribution in [0.5, 0.6) is 0 Å². The van der Waals surface area contributed by atoms with Crippen LogP contribution >= 0.6 is 0 Å². The van der Waals surface area contributed by atoms with Crippen molar-refractivity contribution in [1.29, 1.82) is 0 Å². The Hall–Kier alpha value is -0.0800. The van der Waals surface area contributed by atoms with Crippen LogP contribution in [0, 0.1) is 5.41 Å². The minimum Gasteiger partial charge on any atom is -0.394 e. The molecule has 0 saturated carbocycles. The topological polar surface area (TPSA) is 29.5 Å². The molecule has 0 aliphatic carbocycles. The normalized spacial score (nSPS) is 32.1. The van der Waals surface area contributed by atoms with E-state index in [0.717, 1.165) is 19.4 Å². The number of ether oxygens (including phenoxy) is 1. The van der Waals surface area contributed by atoms with Gasteiger partial charge in [0.2, 0.25) is 0 Å². The van der Waals surface area contributed by atoms with Crippen LogP contribution in [0.2, 0.25) is 0 Å². The van der Waals surface area contributed by atoms with Crippen molar-refractivity contribution in [3.05, 3.63) is 0 Å². The molecule has 1 fully saturated rings. The van der Waals surface area contributed by atoms with Gasteiger partial charge in [0.25, 0.3) is 0 Å². The minimum atomic E-state index is 0.0567. The van der Waals surface area contributed by atoms with Crippen LogP contribution in [0.15, 0.2) is 0 Å². The van der Waals surface area contributed by atoms with Gasteiger partial charge in [-0.15, -0.1) is 0 Å². The fourth-order valence-corrected chi connectivity index (χ4v) is 1.44. The number of aliphatic hydroxyl groups is 1. The average molecular weight is 144 g/mol. The number of aliphatic hydroxyl groups excluding tert-OH is 1. The highest BCUT2D eigenvalue weighted by Crippen LogP contribution is 2.32. The van der Waals surface area contributed by atoms with E-state index in [2.05, 4.69) is 13.8 Å². The van der Waals surface area contributed by atoms with Crippen LogP contribution < -0.4 is 0 Å². The average Bonchev–Trinajstić information content (AvgIpc) is 1.87. The molecule has 0 aromatic heterocycles. The van der Waals surface area contributed by atoms with E-state index in [1.54, 1.807) is 0 Å². The maximum Gasteiger partial charge on any atom is 0.0856 e. The molecular formula is C8H16O2. The van der Waals surface area contributed by atoms with Gasteiger partial charge in [0.05, 0.1) is 12.7 Å². The van der Waals surface area contributed by atoms with Gasteiger partial charge in [0.1, 0.15) is 0 Å². The van der Waals surface area contributed by atoms with Gasteiger partial charge in [-0.1, -0.05) is 13.8 Å². The third-order valence-corrected chi connectivity index (χ3v) is 2.32. The van der Waals surface area contributed by atoms with Gasteiger partial charge in [0.15, 0.2) is 0 Å². The molecule has 1 rings (SSSR count).